The molecule has 0 spiro atoms. The van der Waals surface area contributed by atoms with Crippen LogP contribution in [0, 0.1) is 0 Å². The van der Waals surface area contributed by atoms with Crippen LogP contribution in [0.2, 0.25) is 15.1 Å². The van der Waals surface area contributed by atoms with E-state index in [1.165, 1.54) is 17.8 Å². The smallest absolute Gasteiger partial charge is 0.340 e. The quantitative estimate of drug-likeness (QED) is 0.416. The van der Waals surface area contributed by atoms with Gasteiger partial charge in [-0.2, -0.15) is 0 Å². The molecule has 0 unspecified atom stereocenters. The minimum absolute atomic E-state index is 0.0873. The first kappa shape index (κ1) is 21.5. The Kier molecular flexibility index (Phi) is 7.45. The number of halogens is 3. The van der Waals surface area contributed by atoms with E-state index < -0.39 is 18.5 Å². The molecule has 1 amide bonds. The number of hydrogen-bond donors (Lipinski definition) is 1. The highest BCUT2D eigenvalue weighted by Gasteiger charge is 2.16. The van der Waals surface area contributed by atoms with Gasteiger partial charge in [0.1, 0.15) is 0 Å². The van der Waals surface area contributed by atoms with Crippen molar-refractivity contribution in [3.63, 3.8) is 0 Å². The zero-order valence-corrected chi connectivity index (χ0v) is 17.9. The van der Waals surface area contributed by atoms with Crippen LogP contribution in [0.4, 0.5) is 5.69 Å². The molecule has 0 aliphatic heterocycles. The topological polar surface area (TPSA) is 55.4 Å². The zero-order chi connectivity index (χ0) is 20.8. The van der Waals surface area contributed by atoms with Crippen LogP contribution in [-0.2, 0) is 9.53 Å². The molecule has 0 heterocycles. The third-order valence-corrected chi connectivity index (χ3v) is 5.86. The molecule has 0 fully saturated rings. The SMILES string of the molecule is O=C(COC(=O)c1cccc(Cl)c1Cl)Nc1ccccc1Sc1ccc(Cl)cc1. The van der Waals surface area contributed by atoms with Crippen molar-refractivity contribution in [3.8, 4) is 0 Å². The van der Waals surface area contributed by atoms with Crippen molar-refractivity contribution in [1.29, 1.82) is 0 Å². The number of para-hydroxylation sites is 1. The number of rotatable bonds is 6. The number of carbonyl (C=O) groups is 2. The Morgan fingerprint density at radius 3 is 2.38 bits per heavy atom. The third kappa shape index (κ3) is 5.90. The molecule has 0 saturated heterocycles. The fraction of sp³-hybridized carbons (Fsp3) is 0.0476. The second kappa shape index (κ2) is 10.0. The summed E-state index contributed by atoms with van der Waals surface area (Å²) >= 11 is 19.3. The summed E-state index contributed by atoms with van der Waals surface area (Å²) in [7, 11) is 0. The standard InChI is InChI=1S/C21H14Cl3NO3S/c22-13-8-10-14(11-9-13)29-18-7-2-1-6-17(18)25-19(26)12-28-21(27)15-4-3-5-16(23)20(15)24/h1-11H,12H2,(H,25,26). The van der Waals surface area contributed by atoms with Gasteiger partial charge in [0.2, 0.25) is 0 Å². The van der Waals surface area contributed by atoms with Crippen molar-refractivity contribution in [1.82, 2.24) is 0 Å². The van der Waals surface area contributed by atoms with Gasteiger partial charge in [-0.15, -0.1) is 0 Å². The van der Waals surface area contributed by atoms with Gasteiger partial charge in [-0.1, -0.05) is 64.8 Å². The Morgan fingerprint density at radius 2 is 1.62 bits per heavy atom. The predicted octanol–water partition coefficient (Wildman–Crippen LogP) is 6.59. The Morgan fingerprint density at radius 1 is 0.897 bits per heavy atom. The fourth-order valence-electron chi connectivity index (χ4n) is 2.35. The highest BCUT2D eigenvalue weighted by atomic mass is 35.5. The first-order valence-corrected chi connectivity index (χ1v) is 10.3. The van der Waals surface area contributed by atoms with Crippen molar-refractivity contribution in [2.45, 2.75) is 9.79 Å². The molecule has 0 atom stereocenters. The van der Waals surface area contributed by atoms with Crippen molar-refractivity contribution < 1.29 is 14.3 Å². The van der Waals surface area contributed by atoms with Crippen LogP contribution in [0.3, 0.4) is 0 Å². The number of hydrogen-bond acceptors (Lipinski definition) is 4. The fourth-order valence-corrected chi connectivity index (χ4v) is 3.75. The minimum atomic E-state index is -0.725. The average molecular weight is 467 g/mol. The van der Waals surface area contributed by atoms with E-state index in [4.69, 9.17) is 39.5 Å². The number of carbonyl (C=O) groups excluding carboxylic acids is 2. The molecule has 148 valence electrons. The lowest BCUT2D eigenvalue weighted by Gasteiger charge is -2.11. The van der Waals surface area contributed by atoms with Crippen molar-refractivity contribution in [2.75, 3.05) is 11.9 Å². The van der Waals surface area contributed by atoms with E-state index in [0.717, 1.165) is 9.79 Å². The Bertz CT molecular complexity index is 1040. The van der Waals surface area contributed by atoms with Crippen LogP contribution in [0.5, 0.6) is 0 Å². The van der Waals surface area contributed by atoms with Crippen LogP contribution >= 0.6 is 46.6 Å². The monoisotopic (exact) mass is 465 g/mol. The zero-order valence-electron chi connectivity index (χ0n) is 14.8. The van der Waals surface area contributed by atoms with Gasteiger partial charge in [0.05, 0.1) is 21.3 Å². The summed E-state index contributed by atoms with van der Waals surface area (Å²) in [6, 6.07) is 19.3. The molecule has 3 rings (SSSR count). The number of amides is 1. The van der Waals surface area contributed by atoms with Crippen molar-refractivity contribution in [2.24, 2.45) is 0 Å². The summed E-state index contributed by atoms with van der Waals surface area (Å²) in [6.07, 6.45) is 0. The van der Waals surface area contributed by atoms with Gasteiger partial charge in [-0.25, -0.2) is 4.79 Å². The largest absolute Gasteiger partial charge is 0.452 e. The van der Waals surface area contributed by atoms with Gasteiger partial charge in [0.25, 0.3) is 5.91 Å². The first-order chi connectivity index (χ1) is 13.9. The van der Waals surface area contributed by atoms with Gasteiger partial charge >= 0.3 is 5.97 Å². The number of benzene rings is 3. The van der Waals surface area contributed by atoms with Crippen LogP contribution in [0.25, 0.3) is 0 Å². The summed E-state index contributed by atoms with van der Waals surface area (Å²) in [4.78, 5) is 26.2. The number of esters is 1. The summed E-state index contributed by atoms with van der Waals surface area (Å²) in [5, 5.41) is 3.73. The van der Waals surface area contributed by atoms with E-state index >= 15 is 0 Å². The summed E-state index contributed by atoms with van der Waals surface area (Å²) in [5.41, 5.74) is 0.708. The van der Waals surface area contributed by atoms with E-state index in [1.54, 1.807) is 36.4 Å². The molecule has 1 N–H and O–H groups in total. The van der Waals surface area contributed by atoms with E-state index in [1.807, 2.05) is 24.3 Å². The van der Waals surface area contributed by atoms with E-state index in [9.17, 15) is 9.59 Å². The Hall–Kier alpha value is -2.18. The molecule has 0 saturated carbocycles. The van der Waals surface area contributed by atoms with E-state index in [0.29, 0.717) is 10.7 Å². The first-order valence-electron chi connectivity index (χ1n) is 8.37. The highest BCUT2D eigenvalue weighted by molar-refractivity contribution is 7.99. The maximum atomic E-state index is 12.3. The van der Waals surface area contributed by atoms with Gasteiger partial charge < -0.3 is 10.1 Å². The molecule has 3 aromatic carbocycles. The maximum absolute atomic E-state index is 12.3. The molecule has 0 aliphatic rings. The lowest BCUT2D eigenvalue weighted by Crippen LogP contribution is -2.21. The van der Waals surface area contributed by atoms with Crippen LogP contribution < -0.4 is 5.32 Å². The van der Waals surface area contributed by atoms with Gasteiger partial charge in [0.15, 0.2) is 6.61 Å². The predicted molar refractivity (Wildman–Crippen MR) is 117 cm³/mol. The molecule has 0 aliphatic carbocycles. The third-order valence-electron chi connectivity index (χ3n) is 3.71. The molecule has 0 aromatic heterocycles. The lowest BCUT2D eigenvalue weighted by molar-refractivity contribution is -0.119. The van der Waals surface area contributed by atoms with Gasteiger partial charge in [-0.05, 0) is 48.5 Å². The van der Waals surface area contributed by atoms with Gasteiger partial charge in [-0.3, -0.25) is 4.79 Å². The van der Waals surface area contributed by atoms with Crippen LogP contribution in [0.1, 0.15) is 10.4 Å². The Balaban J connectivity index is 1.63. The van der Waals surface area contributed by atoms with Crippen molar-refractivity contribution in [3.05, 3.63) is 87.4 Å². The summed E-state index contributed by atoms with van der Waals surface area (Å²) in [6.45, 7) is -0.457. The molecule has 8 heteroatoms. The van der Waals surface area contributed by atoms with Gasteiger partial charge in [0, 0.05) is 14.8 Å². The lowest BCUT2D eigenvalue weighted by atomic mass is 10.2. The minimum Gasteiger partial charge on any atom is -0.452 e. The van der Waals surface area contributed by atoms with E-state index in [2.05, 4.69) is 5.32 Å². The van der Waals surface area contributed by atoms with Crippen LogP contribution in [0.15, 0.2) is 76.5 Å². The summed E-state index contributed by atoms with van der Waals surface area (Å²) in [5.74, 6) is -1.20. The highest BCUT2D eigenvalue weighted by Crippen LogP contribution is 2.34. The molecule has 4 nitrogen and oxygen atoms in total. The number of anilines is 1. The molecule has 29 heavy (non-hydrogen) atoms. The summed E-state index contributed by atoms with van der Waals surface area (Å²) < 4.78 is 5.05. The maximum Gasteiger partial charge on any atom is 0.340 e. The molecule has 0 radical (unpaired) electrons. The molecule has 3 aromatic rings. The van der Waals surface area contributed by atoms with E-state index in [-0.39, 0.29) is 15.6 Å². The van der Waals surface area contributed by atoms with Crippen LogP contribution in [-0.4, -0.2) is 18.5 Å². The molecule has 0 bridgehead atoms. The normalized spacial score (nSPS) is 10.4. The number of nitrogens with one attached hydrogen (secondary N) is 1. The Labute approximate surface area is 187 Å². The average Bonchev–Trinajstić information content (AvgIpc) is 2.71. The molecular weight excluding hydrogens is 453 g/mol. The van der Waals surface area contributed by atoms with Crippen molar-refractivity contribution >= 4 is 64.1 Å². The molecular formula is C21H14Cl3NO3S. The second-order valence-corrected chi connectivity index (χ2v) is 8.11. The number of ether oxygens (including phenoxy) is 1. The second-order valence-electron chi connectivity index (χ2n) is 5.78.